The second-order valence-electron chi connectivity index (χ2n) is 0.734. The van der Waals surface area contributed by atoms with Crippen molar-refractivity contribution in [2.75, 3.05) is 0 Å². The molecule has 0 aliphatic heterocycles. The molecule has 6 heteroatoms. The highest BCUT2D eigenvalue weighted by Gasteiger charge is 2.08. The maximum atomic E-state index is 10.7. The van der Waals surface area contributed by atoms with E-state index in [-0.39, 0.29) is 0 Å². The Morgan fingerprint density at radius 3 is 2.25 bits per heavy atom. The van der Waals surface area contributed by atoms with Gasteiger partial charge in [-0.25, -0.2) is 0 Å². The average molecular weight is 142 g/mol. The molecule has 0 aliphatic carbocycles. The van der Waals surface area contributed by atoms with Crippen molar-refractivity contribution in [3.63, 3.8) is 0 Å². The summed E-state index contributed by atoms with van der Waals surface area (Å²) < 4.78 is 36.0. The summed E-state index contributed by atoms with van der Waals surface area (Å²) in [6.45, 7) is 2.85. The Bertz CT molecular complexity index is 159. The summed E-state index contributed by atoms with van der Waals surface area (Å²) in [6.07, 6.45) is 0.537. The van der Waals surface area contributed by atoms with Crippen molar-refractivity contribution >= 4 is 10.4 Å². The van der Waals surface area contributed by atoms with Crippen LogP contribution in [0.5, 0.6) is 0 Å². The predicted molar refractivity (Wildman–Crippen MR) is 22.4 cm³/mol. The molecule has 0 amide bonds. The van der Waals surface area contributed by atoms with Gasteiger partial charge >= 0.3 is 10.4 Å². The third-order valence-electron chi connectivity index (χ3n) is 0.263. The van der Waals surface area contributed by atoms with E-state index in [1.54, 1.807) is 0 Å². The summed E-state index contributed by atoms with van der Waals surface area (Å²) in [5.41, 5.74) is 0. The molecule has 0 aromatic carbocycles. The molecule has 0 heterocycles. The van der Waals surface area contributed by atoms with E-state index in [2.05, 4.69) is 15.1 Å². The van der Waals surface area contributed by atoms with Gasteiger partial charge in [0, 0.05) is 0 Å². The minimum atomic E-state index is -4.45. The molecule has 0 saturated heterocycles. The maximum absolute atomic E-state index is 10.7. The monoisotopic (exact) mass is 142 g/mol. The number of halogens is 1. The highest BCUT2D eigenvalue weighted by atomic mass is 32.3. The topological polar surface area (TPSA) is 52.6 Å². The molecule has 48 valence electrons. The zero-order chi connectivity index (χ0) is 6.62. The highest BCUT2D eigenvalue weighted by Crippen LogP contribution is 1.94. The summed E-state index contributed by atoms with van der Waals surface area (Å²) in [5.74, 6) is 0. The molecule has 0 fully saturated rings. The molecule has 4 nitrogen and oxygen atoms in total. The van der Waals surface area contributed by atoms with Crippen LogP contribution in [0, 0.1) is 0 Å². The van der Waals surface area contributed by atoms with Gasteiger partial charge in [0.15, 0.2) is 0 Å². The second kappa shape index (κ2) is 2.63. The fraction of sp³-hybridized carbons (Fsp3) is 0. The lowest BCUT2D eigenvalue weighted by molar-refractivity contribution is -0.0124. The lowest BCUT2D eigenvalue weighted by Gasteiger charge is -1.90. The summed E-state index contributed by atoms with van der Waals surface area (Å²) in [4.78, 5) is 0. The zero-order valence-electron chi connectivity index (χ0n) is 3.70. The maximum Gasteiger partial charge on any atom is 0.479 e. The van der Waals surface area contributed by atoms with Gasteiger partial charge in [0.2, 0.25) is 0 Å². The first kappa shape index (κ1) is 7.38. The van der Waals surface area contributed by atoms with Crippen molar-refractivity contribution in [3.8, 4) is 0 Å². The van der Waals surface area contributed by atoms with E-state index >= 15 is 0 Å². The summed E-state index contributed by atoms with van der Waals surface area (Å²) in [7, 11) is -4.45. The summed E-state index contributed by atoms with van der Waals surface area (Å²) in [5, 5.41) is 0. The van der Waals surface area contributed by atoms with E-state index < -0.39 is 10.4 Å². The van der Waals surface area contributed by atoms with Crippen LogP contribution in [0.1, 0.15) is 0 Å². The molecule has 8 heavy (non-hydrogen) atoms. The smallest absolute Gasteiger partial charge is 0.368 e. The first-order valence-electron chi connectivity index (χ1n) is 1.46. The van der Waals surface area contributed by atoms with Crippen LogP contribution in [0.25, 0.3) is 0 Å². The Hall–Kier alpha value is -0.620. The Morgan fingerprint density at radius 2 is 2.12 bits per heavy atom. The van der Waals surface area contributed by atoms with Crippen molar-refractivity contribution in [2.24, 2.45) is 0 Å². The fourth-order valence-electron chi connectivity index (χ4n) is 0.0982. The summed E-state index contributed by atoms with van der Waals surface area (Å²) >= 11 is 0. The molecule has 0 N–H and O–H groups in total. The Balaban J connectivity index is 3.94. The molecular formula is C2H3FO4S. The minimum absolute atomic E-state index is 0.537. The van der Waals surface area contributed by atoms with Crippen LogP contribution < -0.4 is 0 Å². The number of rotatable bonds is 3. The van der Waals surface area contributed by atoms with Crippen LogP contribution in [0.2, 0.25) is 0 Å². The lowest BCUT2D eigenvalue weighted by atomic mass is 11.2. The Kier molecular flexibility index (Phi) is 2.43. The first-order valence-corrected chi connectivity index (χ1v) is 2.80. The van der Waals surface area contributed by atoms with Crippen LogP contribution in [0.3, 0.4) is 0 Å². The third-order valence-corrected chi connectivity index (χ3v) is 0.789. The quantitative estimate of drug-likeness (QED) is 0.531. The van der Waals surface area contributed by atoms with E-state index in [1.807, 2.05) is 0 Å². The zero-order valence-corrected chi connectivity index (χ0v) is 4.52. The molecule has 0 aliphatic rings. The molecule has 0 rings (SSSR count). The van der Waals surface area contributed by atoms with E-state index in [0.717, 1.165) is 0 Å². The van der Waals surface area contributed by atoms with Crippen LogP contribution >= 0.6 is 0 Å². The second-order valence-corrected chi connectivity index (χ2v) is 1.87. The molecule has 0 aromatic heterocycles. The highest BCUT2D eigenvalue weighted by molar-refractivity contribution is 7.81. The fourth-order valence-corrected chi connectivity index (χ4v) is 0.295. The van der Waals surface area contributed by atoms with E-state index in [4.69, 9.17) is 0 Å². The molecule has 0 radical (unpaired) electrons. The first-order chi connectivity index (χ1) is 3.62. The molecule has 0 atom stereocenters. The molecule has 0 unspecified atom stereocenters. The Labute approximate surface area is 45.8 Å². The van der Waals surface area contributed by atoms with Crippen molar-refractivity contribution in [1.29, 1.82) is 0 Å². The van der Waals surface area contributed by atoms with Crippen molar-refractivity contribution in [2.45, 2.75) is 0 Å². The Morgan fingerprint density at radius 1 is 1.62 bits per heavy atom. The van der Waals surface area contributed by atoms with Gasteiger partial charge in [-0.3, -0.25) is 0 Å². The lowest BCUT2D eigenvalue weighted by Crippen LogP contribution is -1.99. The standard InChI is InChI=1S/C2H3FO4S/c1-2-6-8(4,5)7-3/h2H,1H2. The minimum Gasteiger partial charge on any atom is -0.368 e. The normalized spacial score (nSPS) is 10.6. The van der Waals surface area contributed by atoms with Crippen LogP contribution in [0.15, 0.2) is 12.8 Å². The van der Waals surface area contributed by atoms with Gasteiger partial charge in [0.25, 0.3) is 0 Å². The van der Waals surface area contributed by atoms with Crippen molar-refractivity contribution in [1.82, 2.24) is 0 Å². The van der Waals surface area contributed by atoms with Gasteiger partial charge in [-0.2, -0.15) is 8.42 Å². The van der Waals surface area contributed by atoms with E-state index in [1.165, 1.54) is 0 Å². The molecule has 0 aromatic rings. The van der Waals surface area contributed by atoms with Crippen molar-refractivity contribution in [3.05, 3.63) is 12.8 Å². The van der Waals surface area contributed by atoms with E-state index in [0.29, 0.717) is 6.26 Å². The predicted octanol–water partition coefficient (Wildman–Crippen LogP) is 0.292. The van der Waals surface area contributed by atoms with Gasteiger partial charge in [-0.1, -0.05) is 6.58 Å². The molecular weight excluding hydrogens is 139 g/mol. The SMILES string of the molecule is C=COS(=O)(=O)OF. The molecule has 0 saturated carbocycles. The van der Waals surface area contributed by atoms with Crippen molar-refractivity contribution < 1.29 is 21.5 Å². The average Bonchev–Trinajstić information content (AvgIpc) is 1.67. The van der Waals surface area contributed by atoms with Crippen LogP contribution in [-0.2, 0) is 19.0 Å². The van der Waals surface area contributed by atoms with Gasteiger partial charge in [-0.15, -0.1) is 0 Å². The number of hydrogen-bond acceptors (Lipinski definition) is 4. The number of hydrogen-bond donors (Lipinski definition) is 0. The van der Waals surface area contributed by atoms with Gasteiger partial charge in [0.05, 0.1) is 0 Å². The van der Waals surface area contributed by atoms with Gasteiger partial charge in [-0.05, 0) is 8.91 Å². The van der Waals surface area contributed by atoms with Gasteiger partial charge in [0.1, 0.15) is 6.26 Å². The third kappa shape index (κ3) is 2.54. The molecule has 0 spiro atoms. The largest absolute Gasteiger partial charge is 0.479 e. The van der Waals surface area contributed by atoms with Crippen LogP contribution in [0.4, 0.5) is 4.53 Å². The van der Waals surface area contributed by atoms with Gasteiger partial charge < -0.3 is 4.18 Å². The van der Waals surface area contributed by atoms with Crippen LogP contribution in [-0.4, -0.2) is 8.42 Å². The summed E-state index contributed by atoms with van der Waals surface area (Å²) in [6, 6.07) is 0. The molecule has 0 bridgehead atoms. The van der Waals surface area contributed by atoms with E-state index in [9.17, 15) is 12.9 Å².